The Labute approximate surface area is 220 Å². The summed E-state index contributed by atoms with van der Waals surface area (Å²) in [6, 6.07) is 9.54. The Kier molecular flexibility index (Phi) is 7.49. The smallest absolute Gasteiger partial charge is 0.358 e. The maximum Gasteiger partial charge on any atom is 0.358 e. The number of nitrogens with zero attached hydrogens (tertiary/aromatic N) is 4. The van der Waals surface area contributed by atoms with Gasteiger partial charge in [0, 0.05) is 15.7 Å². The number of fused-ring (bicyclic) bond motifs is 1. The van der Waals surface area contributed by atoms with Crippen LogP contribution in [0.2, 0.25) is 0 Å². The summed E-state index contributed by atoms with van der Waals surface area (Å²) in [6.07, 6.45) is 0. The number of aromatic hydroxyl groups is 2. The van der Waals surface area contributed by atoms with Crippen LogP contribution in [0.15, 0.2) is 68.6 Å². The second-order valence-electron chi connectivity index (χ2n) is 7.44. The van der Waals surface area contributed by atoms with Crippen molar-refractivity contribution in [2.45, 2.75) is 9.79 Å². The van der Waals surface area contributed by atoms with Crippen LogP contribution in [-0.4, -0.2) is 60.4 Å². The summed E-state index contributed by atoms with van der Waals surface area (Å²) < 4.78 is 37.0. The van der Waals surface area contributed by atoms with Crippen molar-refractivity contribution in [1.82, 2.24) is 9.78 Å². The fourth-order valence-corrected chi connectivity index (χ4v) is 4.40. The van der Waals surface area contributed by atoms with Gasteiger partial charge in [0.05, 0.1) is 28.2 Å². The molecule has 6 N–H and O–H groups in total. The van der Waals surface area contributed by atoms with Crippen molar-refractivity contribution in [2.24, 2.45) is 10.2 Å². The summed E-state index contributed by atoms with van der Waals surface area (Å²) >= 11 is 0.529. The van der Waals surface area contributed by atoms with Gasteiger partial charge < -0.3 is 20.4 Å². The van der Waals surface area contributed by atoms with Crippen LogP contribution in [0.25, 0.3) is 16.5 Å². The minimum Gasteiger partial charge on any atom is -0.507 e. The average Bonchev–Trinajstić information content (AvgIpc) is 3.21. The van der Waals surface area contributed by atoms with Gasteiger partial charge in [-0.2, -0.15) is 18.2 Å². The van der Waals surface area contributed by atoms with E-state index in [-0.39, 0.29) is 27.1 Å². The summed E-state index contributed by atoms with van der Waals surface area (Å²) in [5, 5.41) is 63.9. The fourth-order valence-electron chi connectivity index (χ4n) is 3.45. The maximum absolute atomic E-state index is 11.9. The van der Waals surface area contributed by atoms with Gasteiger partial charge in [-0.25, -0.2) is 14.8 Å². The molecule has 0 unspecified atom stereocenters. The first-order chi connectivity index (χ1) is 18.4. The molecule has 0 aliphatic carbocycles. The molecule has 16 nitrogen and oxygen atoms in total. The molecule has 202 valence electrons. The zero-order valence-corrected chi connectivity index (χ0v) is 20.5. The first-order valence-electron chi connectivity index (χ1n) is 10.1. The molecule has 1 aromatic heterocycles. The molecule has 0 bridgehead atoms. The van der Waals surface area contributed by atoms with E-state index in [2.05, 4.69) is 24.7 Å². The third-order valence-corrected chi connectivity index (χ3v) is 6.51. The Bertz CT molecular complexity index is 1770. The first kappa shape index (κ1) is 27.4. The van der Waals surface area contributed by atoms with Gasteiger partial charge in [0.15, 0.2) is 5.69 Å². The number of rotatable bonds is 9. The van der Waals surface area contributed by atoms with Gasteiger partial charge in [-0.1, -0.05) is 17.2 Å². The lowest BCUT2D eigenvalue weighted by molar-refractivity contribution is -0.432. The lowest BCUT2D eigenvalue weighted by Crippen LogP contribution is -2.03. The number of phenols is 1. The summed E-state index contributed by atoms with van der Waals surface area (Å²) in [6.45, 7) is 0. The van der Waals surface area contributed by atoms with E-state index in [9.17, 15) is 38.4 Å². The van der Waals surface area contributed by atoms with Gasteiger partial charge >= 0.3 is 11.9 Å². The summed E-state index contributed by atoms with van der Waals surface area (Å²) in [5.41, 5.74) is -2.52. The Morgan fingerprint density at radius 2 is 1.72 bits per heavy atom. The SMILES string of the molecule is O=C(O)c1cc(S(=O)(=O)O)ccc1/N=N/c1c(C(=O)O)nn(-c2cccc3c(O)cc(SOOO)cc23)c1O. The monoisotopic (exact) mass is 578 g/mol. The maximum atomic E-state index is 11.9. The topological polar surface area (TPSA) is 251 Å². The summed E-state index contributed by atoms with van der Waals surface area (Å²) in [7, 11) is -4.74. The van der Waals surface area contributed by atoms with Gasteiger partial charge in [-0.15, -0.1) is 14.6 Å². The van der Waals surface area contributed by atoms with Crippen LogP contribution in [0.4, 0.5) is 11.4 Å². The zero-order valence-electron chi connectivity index (χ0n) is 18.9. The number of aromatic carboxylic acids is 2. The van der Waals surface area contributed by atoms with Crippen molar-refractivity contribution >= 4 is 56.2 Å². The van der Waals surface area contributed by atoms with Gasteiger partial charge in [0.1, 0.15) is 11.4 Å². The van der Waals surface area contributed by atoms with Crippen molar-refractivity contribution in [1.29, 1.82) is 0 Å². The number of azo groups is 1. The molecule has 0 aliphatic heterocycles. The Morgan fingerprint density at radius 3 is 2.36 bits per heavy atom. The number of aromatic nitrogens is 2. The zero-order chi connectivity index (χ0) is 28.5. The molecule has 4 rings (SSSR count). The molecule has 0 saturated carbocycles. The lowest BCUT2D eigenvalue weighted by atomic mass is 10.1. The summed E-state index contributed by atoms with van der Waals surface area (Å²) in [4.78, 5) is 23.0. The lowest BCUT2D eigenvalue weighted by Gasteiger charge is -2.10. The van der Waals surface area contributed by atoms with E-state index in [0.717, 1.165) is 16.8 Å². The molecular weight excluding hydrogens is 564 g/mol. The molecule has 0 aliphatic rings. The molecule has 4 aromatic rings. The predicted octanol–water partition coefficient (Wildman–Crippen LogP) is 3.92. The van der Waals surface area contributed by atoms with E-state index in [0.29, 0.717) is 18.1 Å². The molecule has 0 amide bonds. The van der Waals surface area contributed by atoms with E-state index >= 15 is 0 Å². The highest BCUT2D eigenvalue weighted by molar-refractivity contribution is 7.94. The molecule has 0 radical (unpaired) electrons. The van der Waals surface area contributed by atoms with E-state index in [1.54, 1.807) is 0 Å². The quantitative estimate of drug-likeness (QED) is 0.0541. The van der Waals surface area contributed by atoms with Crippen molar-refractivity contribution in [3.05, 3.63) is 59.8 Å². The van der Waals surface area contributed by atoms with Gasteiger partial charge in [0.25, 0.3) is 10.1 Å². The highest BCUT2D eigenvalue weighted by Crippen LogP contribution is 2.39. The van der Waals surface area contributed by atoms with Crippen LogP contribution in [0.5, 0.6) is 11.6 Å². The minimum atomic E-state index is -4.74. The molecule has 39 heavy (non-hydrogen) atoms. The van der Waals surface area contributed by atoms with Crippen LogP contribution in [0.3, 0.4) is 0 Å². The molecule has 0 fully saturated rings. The van der Waals surface area contributed by atoms with Crippen LogP contribution >= 0.6 is 12.0 Å². The Morgan fingerprint density at radius 1 is 0.974 bits per heavy atom. The van der Waals surface area contributed by atoms with Crippen molar-refractivity contribution in [3.63, 3.8) is 0 Å². The number of carbonyl (C=O) groups is 2. The third kappa shape index (κ3) is 5.50. The van der Waals surface area contributed by atoms with Crippen molar-refractivity contribution in [2.75, 3.05) is 0 Å². The molecule has 0 spiro atoms. The standard InChI is InChI=1S/C21H14N4O12S2/c26-16-7-9(38-37-36-32)6-12-11(16)2-1-3-15(12)25-19(27)17(18(24-25)21(30)31)23-22-14-5-4-10(39(33,34)35)8-13(14)20(28)29/h1-8,26-27,32H,(H,28,29)(H,30,31)(H,33,34,35)/b23-22+. The fraction of sp³-hybridized carbons (Fsp3) is 0. The molecule has 3 aromatic carbocycles. The molecule has 0 atom stereocenters. The minimum absolute atomic E-state index is 0.0698. The van der Waals surface area contributed by atoms with Crippen LogP contribution in [-0.2, 0) is 19.5 Å². The van der Waals surface area contributed by atoms with Crippen molar-refractivity contribution in [3.8, 4) is 17.3 Å². The Balaban J connectivity index is 1.87. The summed E-state index contributed by atoms with van der Waals surface area (Å²) in [5.74, 6) is -4.33. The highest BCUT2D eigenvalue weighted by atomic mass is 32.2. The Hall–Kier alpha value is -4.59. The number of benzene rings is 3. The van der Waals surface area contributed by atoms with Crippen LogP contribution in [0, 0.1) is 0 Å². The first-order valence-corrected chi connectivity index (χ1v) is 12.3. The van der Waals surface area contributed by atoms with Crippen molar-refractivity contribution < 1.29 is 57.6 Å². The van der Waals surface area contributed by atoms with Crippen LogP contribution in [0.1, 0.15) is 20.8 Å². The largest absolute Gasteiger partial charge is 0.507 e. The number of hydrogen-bond acceptors (Lipinski definition) is 13. The van der Waals surface area contributed by atoms with Gasteiger partial charge in [-0.3, -0.25) is 4.55 Å². The predicted molar refractivity (Wildman–Crippen MR) is 129 cm³/mol. The van der Waals surface area contributed by atoms with E-state index in [4.69, 9.17) is 9.81 Å². The van der Waals surface area contributed by atoms with Gasteiger partial charge in [0.2, 0.25) is 11.6 Å². The van der Waals surface area contributed by atoms with Gasteiger partial charge in [-0.05, 0) is 36.4 Å². The molecule has 0 saturated heterocycles. The second kappa shape index (κ2) is 10.6. The molecular formula is C21H14N4O12S2. The van der Waals surface area contributed by atoms with E-state index < -0.39 is 55.5 Å². The number of carboxylic acid groups (broad SMARTS) is 2. The molecule has 1 heterocycles. The van der Waals surface area contributed by atoms with E-state index in [1.165, 1.54) is 30.3 Å². The highest BCUT2D eigenvalue weighted by Gasteiger charge is 2.25. The van der Waals surface area contributed by atoms with E-state index in [1.807, 2.05) is 0 Å². The normalized spacial score (nSPS) is 11.8. The van der Waals surface area contributed by atoms with Crippen LogP contribution < -0.4 is 0 Å². The second-order valence-corrected chi connectivity index (χ2v) is 9.63. The third-order valence-electron chi connectivity index (χ3n) is 5.11. The number of carboxylic acids is 2. The number of phenolic OH excluding ortho intramolecular Hbond substituents is 1. The number of hydrogen-bond donors (Lipinski definition) is 6. The average molecular weight is 578 g/mol. The molecule has 18 heteroatoms.